The molecule has 0 bridgehead atoms. The maximum absolute atomic E-state index is 12.9. The van der Waals surface area contributed by atoms with Gasteiger partial charge in [-0.1, -0.05) is 17.7 Å². The molecule has 0 saturated heterocycles. The predicted molar refractivity (Wildman–Crippen MR) is 196 cm³/mol. The van der Waals surface area contributed by atoms with Crippen molar-refractivity contribution in [2.75, 3.05) is 51.7 Å². The van der Waals surface area contributed by atoms with E-state index in [1.54, 1.807) is 43.2 Å². The van der Waals surface area contributed by atoms with Crippen LogP contribution in [0.3, 0.4) is 0 Å². The van der Waals surface area contributed by atoms with Gasteiger partial charge in [-0.05, 0) is 77.3 Å². The minimum Gasteiger partial charge on any atom is -0.496 e. The van der Waals surface area contributed by atoms with E-state index < -0.39 is 11.6 Å². The smallest absolute Gasteiger partial charge is 0.410 e. The van der Waals surface area contributed by atoms with Gasteiger partial charge < -0.3 is 29.3 Å². The topological polar surface area (TPSA) is 132 Å². The number of carbonyl (C=O) groups excluding carboxylic acids is 4. The van der Waals surface area contributed by atoms with E-state index in [0.29, 0.717) is 55.0 Å². The molecule has 0 spiro atoms. The van der Waals surface area contributed by atoms with Crippen molar-refractivity contribution in [3.05, 3.63) is 69.5 Å². The van der Waals surface area contributed by atoms with Crippen LogP contribution in [-0.4, -0.2) is 91.3 Å². The van der Waals surface area contributed by atoms with Gasteiger partial charge in [0.25, 0.3) is 0 Å². The highest BCUT2D eigenvalue weighted by molar-refractivity contribution is 6.30. The predicted octanol–water partition coefficient (Wildman–Crippen LogP) is 6.49. The summed E-state index contributed by atoms with van der Waals surface area (Å²) in [5, 5.41) is 7.51. The van der Waals surface area contributed by atoms with Crippen molar-refractivity contribution in [2.24, 2.45) is 0 Å². The normalized spacial score (nSPS) is 11.9. The van der Waals surface area contributed by atoms with Gasteiger partial charge >= 0.3 is 12.1 Å². The van der Waals surface area contributed by atoms with Gasteiger partial charge in [-0.25, -0.2) is 14.3 Å². The van der Waals surface area contributed by atoms with E-state index in [9.17, 15) is 19.2 Å². The number of hydrogen-bond donors (Lipinski definition) is 1. The number of aldehydes is 1. The van der Waals surface area contributed by atoms with Crippen molar-refractivity contribution in [1.82, 2.24) is 20.0 Å². The van der Waals surface area contributed by atoms with Gasteiger partial charge in [-0.2, -0.15) is 5.10 Å². The Labute approximate surface area is 304 Å². The van der Waals surface area contributed by atoms with Gasteiger partial charge in [0.2, 0.25) is 5.91 Å². The zero-order chi connectivity index (χ0) is 37.6. The second-order valence-electron chi connectivity index (χ2n) is 12.1. The number of amides is 2. The largest absolute Gasteiger partial charge is 0.496 e. The minimum atomic E-state index is -0.600. The molecule has 2 aromatic carbocycles. The number of alkyl halides is 1. The lowest BCUT2D eigenvalue weighted by molar-refractivity contribution is -0.118. The lowest BCUT2D eigenvalue weighted by Gasteiger charge is -2.33. The van der Waals surface area contributed by atoms with Crippen molar-refractivity contribution < 1.29 is 33.4 Å². The molecule has 1 aliphatic rings. The molecule has 1 aliphatic heterocycles. The number of likely N-dealkylation sites (N-methyl/N-ethyl adjacent to an activating group) is 1. The molecule has 0 radical (unpaired) electrons. The summed E-state index contributed by atoms with van der Waals surface area (Å²) < 4.78 is 18.0. The number of nitrogens with zero attached hydrogens (tertiary/aromatic N) is 4. The molecule has 0 atom stereocenters. The molecule has 274 valence electrons. The number of anilines is 1. The molecule has 2 amide bonds. The van der Waals surface area contributed by atoms with Crippen LogP contribution in [0.5, 0.6) is 5.75 Å². The second kappa shape index (κ2) is 19.8. The average molecular weight is 735 g/mol. The summed E-state index contributed by atoms with van der Waals surface area (Å²) in [5.41, 5.74) is 3.70. The highest BCUT2D eigenvalue weighted by Gasteiger charge is 2.29. The molecule has 0 aliphatic carbocycles. The van der Waals surface area contributed by atoms with Gasteiger partial charge in [0, 0.05) is 74.4 Å². The van der Waals surface area contributed by atoms with E-state index in [0.717, 1.165) is 29.1 Å². The summed E-state index contributed by atoms with van der Waals surface area (Å²) in [6.07, 6.45) is 2.80. The summed E-state index contributed by atoms with van der Waals surface area (Å²) >= 11 is 10.8. The minimum absolute atomic E-state index is 0.0394. The lowest BCUT2D eigenvalue weighted by atomic mass is 9.97. The van der Waals surface area contributed by atoms with Crippen LogP contribution < -0.4 is 15.0 Å². The Balaban J connectivity index is 0.000000979. The SMILES string of the molecule is CCNC(C)=O.CCOC(=O)c1nn(-c2cccc(Cl)c2)c(C=O)c1CCN(C)c1cc2c(c(OC)c1)CCN(C(=O)OC(C)(C)C)C2.CCl. The van der Waals surface area contributed by atoms with E-state index in [4.69, 9.17) is 25.8 Å². The average Bonchev–Trinajstić information content (AvgIpc) is 3.45. The molecule has 2 heterocycles. The van der Waals surface area contributed by atoms with Gasteiger partial charge in [0.1, 0.15) is 17.0 Å². The molecule has 0 fully saturated rings. The zero-order valence-corrected chi connectivity index (χ0v) is 31.9. The fourth-order valence-electron chi connectivity index (χ4n) is 5.18. The van der Waals surface area contributed by atoms with Gasteiger partial charge in [0.15, 0.2) is 12.0 Å². The van der Waals surface area contributed by atoms with E-state index in [-0.39, 0.29) is 30.0 Å². The van der Waals surface area contributed by atoms with Crippen LogP contribution in [-0.2, 0) is 33.7 Å². The van der Waals surface area contributed by atoms with Crippen LogP contribution in [0, 0.1) is 0 Å². The van der Waals surface area contributed by atoms with E-state index in [1.807, 2.05) is 51.8 Å². The first kappa shape index (κ1) is 41.9. The van der Waals surface area contributed by atoms with Crippen LogP contribution in [0.25, 0.3) is 5.69 Å². The first-order chi connectivity index (χ1) is 23.7. The van der Waals surface area contributed by atoms with Crippen molar-refractivity contribution in [1.29, 1.82) is 0 Å². The third-order valence-corrected chi connectivity index (χ3v) is 7.61. The molecular weight excluding hydrogens is 685 g/mol. The summed E-state index contributed by atoms with van der Waals surface area (Å²) in [6, 6.07) is 10.9. The van der Waals surface area contributed by atoms with E-state index >= 15 is 0 Å². The highest BCUT2D eigenvalue weighted by atomic mass is 35.5. The fourth-order valence-corrected chi connectivity index (χ4v) is 5.37. The van der Waals surface area contributed by atoms with Crippen LogP contribution >= 0.6 is 23.2 Å². The number of rotatable bonds is 10. The maximum atomic E-state index is 12.9. The Hall–Kier alpha value is -4.29. The first-order valence-electron chi connectivity index (χ1n) is 16.2. The maximum Gasteiger partial charge on any atom is 0.410 e. The van der Waals surface area contributed by atoms with Crippen LogP contribution in [0.15, 0.2) is 36.4 Å². The van der Waals surface area contributed by atoms with Crippen LogP contribution in [0.1, 0.15) is 79.2 Å². The molecular formula is C36H49Cl2N5O7. The first-order valence-corrected chi connectivity index (χ1v) is 17.4. The molecule has 1 N–H and O–H groups in total. The number of aromatic nitrogens is 2. The third kappa shape index (κ3) is 11.7. The number of fused-ring (bicyclic) bond motifs is 1. The number of halogens is 2. The number of methoxy groups -OCH3 is 1. The van der Waals surface area contributed by atoms with E-state index in [1.165, 1.54) is 18.0 Å². The molecule has 3 aromatic rings. The molecule has 50 heavy (non-hydrogen) atoms. The fraction of sp³-hybridized carbons (Fsp3) is 0.472. The summed E-state index contributed by atoms with van der Waals surface area (Å²) in [7, 11) is 3.55. The molecule has 4 rings (SSSR count). The van der Waals surface area contributed by atoms with Crippen molar-refractivity contribution in [3.63, 3.8) is 0 Å². The quantitative estimate of drug-likeness (QED) is 0.141. The van der Waals surface area contributed by atoms with Crippen molar-refractivity contribution in [3.8, 4) is 11.4 Å². The number of benzene rings is 2. The monoisotopic (exact) mass is 733 g/mol. The lowest BCUT2D eigenvalue weighted by Crippen LogP contribution is -2.40. The zero-order valence-electron chi connectivity index (χ0n) is 30.4. The van der Waals surface area contributed by atoms with Gasteiger partial charge in [0.05, 0.1) is 19.4 Å². The Morgan fingerprint density at radius 1 is 1.12 bits per heavy atom. The summed E-state index contributed by atoms with van der Waals surface area (Å²) in [4.78, 5) is 51.6. The van der Waals surface area contributed by atoms with Crippen molar-refractivity contribution in [2.45, 2.75) is 66.5 Å². The van der Waals surface area contributed by atoms with Gasteiger partial charge in [-0.3, -0.25) is 9.59 Å². The number of carbonyl (C=O) groups is 4. The number of ether oxygens (including phenoxy) is 3. The Morgan fingerprint density at radius 3 is 2.36 bits per heavy atom. The Kier molecular flexibility index (Phi) is 16.6. The second-order valence-corrected chi connectivity index (χ2v) is 12.6. The highest BCUT2D eigenvalue weighted by Crippen LogP contribution is 2.34. The van der Waals surface area contributed by atoms with Crippen LogP contribution in [0.4, 0.5) is 10.5 Å². The van der Waals surface area contributed by atoms with Crippen molar-refractivity contribution >= 4 is 53.1 Å². The summed E-state index contributed by atoms with van der Waals surface area (Å²) in [5.74, 6) is 0.182. The summed E-state index contributed by atoms with van der Waals surface area (Å²) in [6.45, 7) is 12.9. The molecule has 1 aromatic heterocycles. The number of esters is 1. The van der Waals surface area contributed by atoms with E-state index in [2.05, 4.69) is 22.0 Å². The Morgan fingerprint density at radius 2 is 1.82 bits per heavy atom. The van der Waals surface area contributed by atoms with Gasteiger partial charge in [-0.15, -0.1) is 11.6 Å². The standard InChI is InChI=1S/C31H37ClN4O6.C4H9NO.CH3Cl/c1-7-41-29(38)28-25(26(19-37)36(33-28)22-10-8-9-21(32)16-22)11-13-34(5)23-15-20-18-35(30(39)42-31(2,3)4)14-12-24(20)27(17-23)40-6;1-3-5-4(2)6;1-2/h8-10,15-17,19H,7,11-14,18H2,1-6H3;3H2,1-2H3,(H,5,6);1H3. The molecule has 0 unspecified atom stereocenters. The number of hydrogen-bond acceptors (Lipinski definition) is 9. The number of nitrogens with one attached hydrogen (secondary N) is 1. The molecule has 12 nitrogen and oxygen atoms in total. The third-order valence-electron chi connectivity index (χ3n) is 7.37. The molecule has 14 heteroatoms. The van der Waals surface area contributed by atoms with Crippen LogP contribution in [0.2, 0.25) is 5.02 Å². The molecule has 0 saturated carbocycles. The Bertz CT molecular complexity index is 1620.